The highest BCUT2D eigenvalue weighted by Crippen LogP contribution is 2.29. The number of amides is 2. The van der Waals surface area contributed by atoms with E-state index in [2.05, 4.69) is 21.2 Å². The van der Waals surface area contributed by atoms with Crippen molar-refractivity contribution in [3.05, 3.63) is 92.9 Å². The Morgan fingerprint density at radius 2 is 1.55 bits per heavy atom. The second-order valence-corrected chi connectivity index (χ2v) is 12.9. The Morgan fingerprint density at radius 1 is 0.925 bits per heavy atom. The first kappa shape index (κ1) is 31.9. The number of hydrogen-bond acceptors (Lipinski definition) is 4. The molecule has 3 rings (SSSR count). The van der Waals surface area contributed by atoms with Crippen molar-refractivity contribution in [3.63, 3.8) is 0 Å². The Morgan fingerprint density at radius 3 is 2.12 bits per heavy atom. The molecule has 11 heteroatoms. The van der Waals surface area contributed by atoms with Crippen molar-refractivity contribution in [2.45, 2.75) is 57.1 Å². The number of carbonyl (C=O) groups excluding carboxylic acids is 2. The van der Waals surface area contributed by atoms with Crippen LogP contribution in [0, 0.1) is 0 Å². The first-order valence-electron chi connectivity index (χ1n) is 12.9. The first-order valence-corrected chi connectivity index (χ1v) is 15.8. The van der Waals surface area contributed by atoms with Crippen LogP contribution in [-0.4, -0.2) is 43.8 Å². The molecular weight excluding hydrogens is 637 g/mol. The highest BCUT2D eigenvalue weighted by Gasteiger charge is 2.34. The molecule has 0 spiro atoms. The Bertz CT molecular complexity index is 1420. The Labute approximate surface area is 254 Å². The van der Waals surface area contributed by atoms with Crippen molar-refractivity contribution in [1.29, 1.82) is 0 Å². The van der Waals surface area contributed by atoms with Gasteiger partial charge in [0, 0.05) is 32.7 Å². The van der Waals surface area contributed by atoms with Crippen LogP contribution in [0.2, 0.25) is 10.0 Å². The largest absolute Gasteiger partial charge is 0.352 e. The van der Waals surface area contributed by atoms with Gasteiger partial charge in [-0.1, -0.05) is 83.3 Å². The minimum Gasteiger partial charge on any atom is -0.352 e. The molecular formula is C29H32BrCl2N3O4S. The molecule has 0 unspecified atom stereocenters. The molecule has 3 aromatic carbocycles. The number of nitrogens with zero attached hydrogens (tertiary/aromatic N) is 2. The van der Waals surface area contributed by atoms with Crippen LogP contribution in [0.1, 0.15) is 39.2 Å². The Kier molecular flexibility index (Phi) is 11.5. The predicted molar refractivity (Wildman–Crippen MR) is 164 cm³/mol. The number of halogens is 3. The van der Waals surface area contributed by atoms with Crippen LogP contribution in [0.3, 0.4) is 0 Å². The summed E-state index contributed by atoms with van der Waals surface area (Å²) in [5, 5.41) is 3.62. The number of hydrogen-bond donors (Lipinski definition) is 1. The van der Waals surface area contributed by atoms with E-state index in [0.29, 0.717) is 38.6 Å². The van der Waals surface area contributed by atoms with Crippen LogP contribution in [0.5, 0.6) is 0 Å². The minimum atomic E-state index is -4.15. The summed E-state index contributed by atoms with van der Waals surface area (Å²) in [5.74, 6) is -0.921. The van der Waals surface area contributed by atoms with E-state index >= 15 is 0 Å². The molecule has 0 aliphatic heterocycles. The van der Waals surface area contributed by atoms with E-state index in [0.717, 1.165) is 4.31 Å². The van der Waals surface area contributed by atoms with E-state index in [1.807, 2.05) is 13.8 Å². The molecule has 3 aromatic rings. The van der Waals surface area contributed by atoms with Gasteiger partial charge in [0.1, 0.15) is 12.6 Å². The van der Waals surface area contributed by atoms with Crippen molar-refractivity contribution in [1.82, 2.24) is 10.2 Å². The summed E-state index contributed by atoms with van der Waals surface area (Å²) in [5.41, 5.74) is 0.758. The molecule has 0 saturated carbocycles. The summed E-state index contributed by atoms with van der Waals surface area (Å²) < 4.78 is 29.4. The van der Waals surface area contributed by atoms with Gasteiger partial charge in [-0.2, -0.15) is 0 Å². The Balaban J connectivity index is 2.09. The van der Waals surface area contributed by atoms with Gasteiger partial charge in [0.2, 0.25) is 11.8 Å². The van der Waals surface area contributed by atoms with Gasteiger partial charge in [-0.15, -0.1) is 0 Å². The SMILES string of the molecule is CC[C@H](C)NC(=O)[C@H](CC)N(Cc1c(Cl)cccc1Cl)C(=O)CN(c1cccc(Br)c1)S(=O)(=O)c1ccccc1. The van der Waals surface area contributed by atoms with E-state index in [1.54, 1.807) is 67.6 Å². The van der Waals surface area contributed by atoms with Crippen molar-refractivity contribution < 1.29 is 18.0 Å². The monoisotopic (exact) mass is 667 g/mol. The van der Waals surface area contributed by atoms with Crippen molar-refractivity contribution in [2.24, 2.45) is 0 Å². The molecule has 1 N–H and O–H groups in total. The molecule has 0 aliphatic carbocycles. The van der Waals surface area contributed by atoms with E-state index < -0.39 is 28.5 Å². The molecule has 214 valence electrons. The fraction of sp³-hybridized carbons (Fsp3) is 0.310. The van der Waals surface area contributed by atoms with Gasteiger partial charge in [-0.05, 0) is 62.2 Å². The summed E-state index contributed by atoms with van der Waals surface area (Å²) in [6.45, 7) is 4.98. The number of anilines is 1. The number of benzene rings is 3. The van der Waals surface area contributed by atoms with Gasteiger partial charge in [-0.25, -0.2) is 8.42 Å². The number of rotatable bonds is 12. The second kappa shape index (κ2) is 14.3. The molecule has 2 atom stereocenters. The molecule has 0 heterocycles. The maximum atomic E-state index is 14.1. The van der Waals surface area contributed by atoms with Crippen LogP contribution >= 0.6 is 39.1 Å². The zero-order valence-corrected chi connectivity index (χ0v) is 26.4. The lowest BCUT2D eigenvalue weighted by Crippen LogP contribution is -2.53. The standard InChI is InChI=1S/C29H32BrCl2N3O4S/c1-4-20(3)33-29(37)27(5-2)34(18-24-25(31)15-10-16-26(24)32)28(36)19-35(22-12-9-11-21(30)17-22)40(38,39)23-13-7-6-8-14-23/h6-17,20,27H,4-5,18-19H2,1-3H3,(H,33,37)/t20-,27-/m0/s1. The van der Waals surface area contributed by atoms with Crippen molar-refractivity contribution in [3.8, 4) is 0 Å². The molecule has 7 nitrogen and oxygen atoms in total. The average Bonchev–Trinajstić information content (AvgIpc) is 2.93. The smallest absolute Gasteiger partial charge is 0.264 e. The lowest BCUT2D eigenvalue weighted by molar-refractivity contribution is -0.140. The molecule has 2 amide bonds. The van der Waals surface area contributed by atoms with Crippen LogP contribution in [0.15, 0.2) is 82.2 Å². The molecule has 0 fully saturated rings. The van der Waals surface area contributed by atoms with E-state index in [-0.39, 0.29) is 23.4 Å². The quantitative estimate of drug-likeness (QED) is 0.234. The number of sulfonamides is 1. The third-order valence-electron chi connectivity index (χ3n) is 6.48. The highest BCUT2D eigenvalue weighted by molar-refractivity contribution is 9.10. The average molecular weight is 669 g/mol. The van der Waals surface area contributed by atoms with Crippen LogP contribution in [0.25, 0.3) is 0 Å². The summed E-state index contributed by atoms with van der Waals surface area (Å²) in [7, 11) is -4.15. The highest BCUT2D eigenvalue weighted by atomic mass is 79.9. The van der Waals surface area contributed by atoms with Gasteiger partial charge in [0.05, 0.1) is 10.6 Å². The van der Waals surface area contributed by atoms with Crippen LogP contribution in [-0.2, 0) is 26.2 Å². The van der Waals surface area contributed by atoms with Crippen molar-refractivity contribution in [2.75, 3.05) is 10.8 Å². The number of nitrogens with one attached hydrogen (secondary N) is 1. The molecule has 0 radical (unpaired) electrons. The van der Waals surface area contributed by atoms with E-state index in [1.165, 1.54) is 17.0 Å². The van der Waals surface area contributed by atoms with Gasteiger partial charge >= 0.3 is 0 Å². The summed E-state index contributed by atoms with van der Waals surface area (Å²) in [6, 6.07) is 18.6. The second-order valence-electron chi connectivity index (χ2n) is 9.27. The van der Waals surface area contributed by atoms with Crippen molar-refractivity contribution >= 4 is 66.7 Å². The summed E-state index contributed by atoms with van der Waals surface area (Å²) in [6.07, 6.45) is 0.997. The van der Waals surface area contributed by atoms with E-state index in [4.69, 9.17) is 23.2 Å². The molecule has 0 aliphatic rings. The molecule has 0 saturated heterocycles. The summed E-state index contributed by atoms with van der Waals surface area (Å²) >= 11 is 16.3. The lowest BCUT2D eigenvalue weighted by Gasteiger charge is -2.34. The van der Waals surface area contributed by atoms with Crippen LogP contribution in [0.4, 0.5) is 5.69 Å². The normalized spacial score (nSPS) is 12.8. The fourth-order valence-electron chi connectivity index (χ4n) is 4.09. The Hall–Kier alpha value is -2.59. The molecule has 0 aromatic heterocycles. The van der Waals surface area contributed by atoms with E-state index in [9.17, 15) is 18.0 Å². The van der Waals surface area contributed by atoms with Gasteiger partial charge in [0.15, 0.2) is 0 Å². The third kappa shape index (κ3) is 7.78. The molecule has 0 bridgehead atoms. The number of carbonyl (C=O) groups is 2. The van der Waals surface area contributed by atoms with Gasteiger partial charge in [0.25, 0.3) is 10.0 Å². The third-order valence-corrected chi connectivity index (χ3v) is 9.47. The minimum absolute atomic E-state index is 0.0324. The maximum Gasteiger partial charge on any atom is 0.264 e. The zero-order chi connectivity index (χ0) is 29.4. The maximum absolute atomic E-state index is 14.1. The fourth-order valence-corrected chi connectivity index (χ4v) is 6.43. The van der Waals surface area contributed by atoms with Gasteiger partial charge in [-0.3, -0.25) is 13.9 Å². The lowest BCUT2D eigenvalue weighted by atomic mass is 10.1. The zero-order valence-electron chi connectivity index (χ0n) is 22.5. The van der Waals surface area contributed by atoms with Gasteiger partial charge < -0.3 is 10.2 Å². The topological polar surface area (TPSA) is 86.8 Å². The first-order chi connectivity index (χ1) is 19.0. The summed E-state index contributed by atoms with van der Waals surface area (Å²) in [4.78, 5) is 28.9. The van der Waals surface area contributed by atoms with Crippen LogP contribution < -0.4 is 9.62 Å². The molecule has 40 heavy (non-hydrogen) atoms. The predicted octanol–water partition coefficient (Wildman–Crippen LogP) is 6.67.